The Morgan fingerprint density at radius 2 is 1.89 bits per heavy atom. The minimum absolute atomic E-state index is 0.177. The number of anilines is 1. The highest BCUT2D eigenvalue weighted by atomic mass is 32.2. The van der Waals surface area contributed by atoms with Crippen LogP contribution in [0.2, 0.25) is 0 Å². The second-order valence-electron chi connectivity index (χ2n) is 6.32. The minimum Gasteiger partial charge on any atom is -0.370 e. The normalized spacial score (nSPS) is 16.7. The number of thioether (sulfide) groups is 1. The van der Waals surface area contributed by atoms with E-state index in [9.17, 15) is 0 Å². The third-order valence-corrected chi connectivity index (χ3v) is 4.38. The molecule has 1 saturated heterocycles. The number of nitrogens with one attached hydrogen (secondary N) is 1. The van der Waals surface area contributed by atoms with Crippen molar-refractivity contribution >= 4 is 17.4 Å². The summed E-state index contributed by atoms with van der Waals surface area (Å²) in [6, 6.07) is 6.89. The van der Waals surface area contributed by atoms with Crippen LogP contribution >= 0.6 is 11.8 Å². The molecular formula is C16H26N2S. The lowest BCUT2D eigenvalue weighted by atomic mass is 10.1. The van der Waals surface area contributed by atoms with Gasteiger partial charge in [0.2, 0.25) is 0 Å². The summed E-state index contributed by atoms with van der Waals surface area (Å²) < 4.78 is 0. The van der Waals surface area contributed by atoms with E-state index in [-0.39, 0.29) is 5.54 Å². The molecule has 2 nitrogen and oxygen atoms in total. The van der Waals surface area contributed by atoms with Gasteiger partial charge in [0.05, 0.1) is 0 Å². The Hall–Kier alpha value is -0.670. The first-order valence-corrected chi connectivity index (χ1v) is 8.28. The molecule has 0 atom stereocenters. The number of benzene rings is 1. The molecule has 0 radical (unpaired) electrons. The molecule has 19 heavy (non-hydrogen) atoms. The molecule has 0 saturated carbocycles. The van der Waals surface area contributed by atoms with Gasteiger partial charge in [-0.15, -0.1) is 0 Å². The van der Waals surface area contributed by atoms with Crippen molar-refractivity contribution in [2.75, 3.05) is 29.5 Å². The summed E-state index contributed by atoms with van der Waals surface area (Å²) in [4.78, 5) is 2.52. The smallest absolute Gasteiger partial charge is 0.0396 e. The van der Waals surface area contributed by atoms with Crippen LogP contribution in [0.25, 0.3) is 0 Å². The Morgan fingerprint density at radius 3 is 2.47 bits per heavy atom. The second-order valence-corrected chi connectivity index (χ2v) is 7.55. The van der Waals surface area contributed by atoms with E-state index in [2.05, 4.69) is 67.9 Å². The fourth-order valence-electron chi connectivity index (χ4n) is 2.35. The molecular weight excluding hydrogens is 252 g/mol. The highest BCUT2D eigenvalue weighted by Crippen LogP contribution is 2.24. The van der Waals surface area contributed by atoms with Crippen molar-refractivity contribution in [2.24, 2.45) is 0 Å². The first-order valence-electron chi connectivity index (χ1n) is 7.13. The maximum Gasteiger partial charge on any atom is 0.0396 e. The van der Waals surface area contributed by atoms with E-state index in [0.717, 1.165) is 6.54 Å². The van der Waals surface area contributed by atoms with E-state index >= 15 is 0 Å². The van der Waals surface area contributed by atoms with E-state index in [4.69, 9.17) is 0 Å². The molecule has 106 valence electrons. The van der Waals surface area contributed by atoms with E-state index in [1.807, 2.05) is 0 Å². The van der Waals surface area contributed by atoms with Gasteiger partial charge in [0.15, 0.2) is 0 Å². The highest BCUT2D eigenvalue weighted by Gasteiger charge is 2.14. The average molecular weight is 278 g/mol. The molecule has 1 aromatic carbocycles. The van der Waals surface area contributed by atoms with Crippen LogP contribution in [0, 0.1) is 6.92 Å². The number of hydrogen-bond donors (Lipinski definition) is 1. The Labute approximate surface area is 122 Å². The summed E-state index contributed by atoms with van der Waals surface area (Å²) in [5.41, 5.74) is 4.37. The van der Waals surface area contributed by atoms with Gasteiger partial charge < -0.3 is 10.2 Å². The zero-order chi connectivity index (χ0) is 13.9. The number of rotatable bonds is 3. The van der Waals surface area contributed by atoms with E-state index in [1.165, 1.54) is 41.4 Å². The zero-order valence-electron chi connectivity index (χ0n) is 12.6. The topological polar surface area (TPSA) is 15.3 Å². The molecule has 2 rings (SSSR count). The predicted octanol–water partition coefficient (Wildman–Crippen LogP) is 3.44. The molecule has 1 fully saturated rings. The van der Waals surface area contributed by atoms with E-state index in [1.54, 1.807) is 0 Å². The van der Waals surface area contributed by atoms with Crippen molar-refractivity contribution in [2.45, 2.75) is 39.8 Å². The van der Waals surface area contributed by atoms with Gasteiger partial charge in [0.25, 0.3) is 0 Å². The molecule has 0 aliphatic carbocycles. The molecule has 1 aliphatic rings. The maximum absolute atomic E-state index is 3.55. The first-order chi connectivity index (χ1) is 8.96. The van der Waals surface area contributed by atoms with Crippen LogP contribution in [0.15, 0.2) is 18.2 Å². The molecule has 1 heterocycles. The molecule has 1 aliphatic heterocycles. The molecule has 0 aromatic heterocycles. The maximum atomic E-state index is 3.55. The lowest BCUT2D eigenvalue weighted by molar-refractivity contribution is 0.424. The summed E-state index contributed by atoms with van der Waals surface area (Å²) in [5.74, 6) is 2.51. The average Bonchev–Trinajstić information content (AvgIpc) is 2.37. The Kier molecular flexibility index (Phi) is 4.80. The van der Waals surface area contributed by atoms with Crippen LogP contribution in [0.4, 0.5) is 5.69 Å². The predicted molar refractivity (Wildman–Crippen MR) is 87.3 cm³/mol. The summed E-state index contributed by atoms with van der Waals surface area (Å²) >= 11 is 2.06. The highest BCUT2D eigenvalue weighted by molar-refractivity contribution is 7.99. The van der Waals surface area contributed by atoms with Gasteiger partial charge in [-0.1, -0.05) is 12.1 Å². The third-order valence-electron chi connectivity index (χ3n) is 3.44. The van der Waals surface area contributed by atoms with Gasteiger partial charge >= 0.3 is 0 Å². The van der Waals surface area contributed by atoms with Crippen molar-refractivity contribution in [3.63, 3.8) is 0 Å². The Balaban J connectivity index is 2.04. The van der Waals surface area contributed by atoms with Crippen molar-refractivity contribution in [3.8, 4) is 0 Å². The molecule has 3 heteroatoms. The van der Waals surface area contributed by atoms with Crippen LogP contribution in [0.5, 0.6) is 0 Å². The van der Waals surface area contributed by atoms with Crippen LogP contribution < -0.4 is 10.2 Å². The fraction of sp³-hybridized carbons (Fsp3) is 0.625. The van der Waals surface area contributed by atoms with Crippen LogP contribution in [-0.2, 0) is 6.54 Å². The Morgan fingerprint density at radius 1 is 1.21 bits per heavy atom. The van der Waals surface area contributed by atoms with Gasteiger partial charge in [0, 0.05) is 42.4 Å². The molecule has 0 bridgehead atoms. The van der Waals surface area contributed by atoms with Gasteiger partial charge in [-0.25, -0.2) is 0 Å². The van der Waals surface area contributed by atoms with Gasteiger partial charge in [0.1, 0.15) is 0 Å². The van der Waals surface area contributed by atoms with Crippen LogP contribution in [0.3, 0.4) is 0 Å². The molecule has 1 aromatic rings. The number of aryl methyl sites for hydroxylation is 1. The molecule has 0 amide bonds. The molecule has 0 unspecified atom stereocenters. The summed E-state index contributed by atoms with van der Waals surface area (Å²) in [5, 5.41) is 3.55. The molecule has 1 N–H and O–H groups in total. The van der Waals surface area contributed by atoms with Crippen molar-refractivity contribution < 1.29 is 0 Å². The van der Waals surface area contributed by atoms with Crippen molar-refractivity contribution in [1.82, 2.24) is 5.32 Å². The van der Waals surface area contributed by atoms with E-state index < -0.39 is 0 Å². The quantitative estimate of drug-likeness (QED) is 0.912. The summed E-state index contributed by atoms with van der Waals surface area (Å²) in [7, 11) is 0. The minimum atomic E-state index is 0.177. The van der Waals surface area contributed by atoms with Crippen LogP contribution in [0.1, 0.15) is 31.9 Å². The van der Waals surface area contributed by atoms with Gasteiger partial charge in [-0.05, 0) is 44.9 Å². The van der Waals surface area contributed by atoms with Crippen molar-refractivity contribution in [1.29, 1.82) is 0 Å². The SMILES string of the molecule is Cc1cc(CNC(C)(C)C)ccc1N1CCSCC1. The third kappa shape index (κ3) is 4.43. The largest absolute Gasteiger partial charge is 0.370 e. The zero-order valence-corrected chi connectivity index (χ0v) is 13.4. The standard InChI is InChI=1S/C16H26N2S/c1-13-11-14(12-17-16(2,3)4)5-6-15(13)18-7-9-19-10-8-18/h5-6,11,17H,7-10,12H2,1-4H3. The second kappa shape index (κ2) is 6.19. The first kappa shape index (κ1) is 14.7. The van der Waals surface area contributed by atoms with E-state index in [0.29, 0.717) is 0 Å². The monoisotopic (exact) mass is 278 g/mol. The van der Waals surface area contributed by atoms with Crippen LogP contribution in [-0.4, -0.2) is 30.1 Å². The summed E-state index contributed by atoms with van der Waals surface area (Å²) in [6.07, 6.45) is 0. The fourth-order valence-corrected chi connectivity index (χ4v) is 3.26. The Bertz CT molecular complexity index is 417. The summed E-state index contributed by atoms with van der Waals surface area (Å²) in [6.45, 7) is 12.2. The number of nitrogens with zero attached hydrogens (tertiary/aromatic N) is 1. The van der Waals surface area contributed by atoms with Gasteiger partial charge in [-0.2, -0.15) is 11.8 Å². The lowest BCUT2D eigenvalue weighted by Gasteiger charge is -2.30. The lowest BCUT2D eigenvalue weighted by Crippen LogP contribution is -2.35. The number of hydrogen-bond acceptors (Lipinski definition) is 3. The van der Waals surface area contributed by atoms with Gasteiger partial charge in [-0.3, -0.25) is 0 Å². The molecule has 0 spiro atoms. The van der Waals surface area contributed by atoms with Crippen molar-refractivity contribution in [3.05, 3.63) is 29.3 Å².